The molecule has 0 aliphatic heterocycles. The molecule has 10 heteroatoms. The molecule has 4 rings (SSSR count). The molecule has 1 unspecified atom stereocenters. The van der Waals surface area contributed by atoms with Crippen molar-refractivity contribution in [3.05, 3.63) is 0 Å². The van der Waals surface area contributed by atoms with Gasteiger partial charge in [0.2, 0.25) is 0 Å². The largest absolute Gasteiger partial charge is 0.466 e. The van der Waals surface area contributed by atoms with Crippen LogP contribution in [-0.2, 0) is 42.9 Å². The maximum atomic E-state index is 14.3. The highest BCUT2D eigenvalue weighted by Gasteiger charge is 2.74. The summed E-state index contributed by atoms with van der Waals surface area (Å²) < 4.78 is 22.5. The van der Waals surface area contributed by atoms with Gasteiger partial charge < -0.3 is 24.1 Å². The molecule has 4 aliphatic rings. The molecule has 1 N–H and O–H groups in total. The summed E-state index contributed by atoms with van der Waals surface area (Å²) in [6.07, 6.45) is 3.78. The fourth-order valence-corrected chi connectivity index (χ4v) is 10.5. The fourth-order valence-electron chi connectivity index (χ4n) is 10.5. The fraction of sp³-hybridized carbons (Fsp3) is 0.857. The summed E-state index contributed by atoms with van der Waals surface area (Å²) in [5.74, 6) is -3.06. The molecule has 4 saturated carbocycles. The second-order valence-corrected chi connectivity index (χ2v) is 15.3. The Morgan fingerprint density at radius 3 is 2.09 bits per heavy atom. The van der Waals surface area contributed by atoms with Crippen molar-refractivity contribution in [2.75, 3.05) is 6.61 Å². The van der Waals surface area contributed by atoms with Crippen LogP contribution >= 0.6 is 0 Å². The van der Waals surface area contributed by atoms with Gasteiger partial charge in [-0.3, -0.25) is 24.0 Å². The van der Waals surface area contributed by atoms with Gasteiger partial charge in [-0.05, 0) is 73.5 Å². The van der Waals surface area contributed by atoms with Crippen molar-refractivity contribution in [3.8, 4) is 0 Å². The Balaban J connectivity index is 1.66. The van der Waals surface area contributed by atoms with Crippen molar-refractivity contribution in [1.29, 1.82) is 0 Å². The first-order valence-electron chi connectivity index (χ1n) is 16.8. The van der Waals surface area contributed by atoms with Crippen LogP contribution in [0.2, 0.25) is 0 Å². The van der Waals surface area contributed by atoms with Crippen molar-refractivity contribution in [2.24, 2.45) is 46.3 Å². The van der Waals surface area contributed by atoms with E-state index in [1.807, 2.05) is 6.92 Å². The molecule has 0 aromatic heterocycles. The Hall–Kier alpha value is -2.49. The van der Waals surface area contributed by atoms with E-state index >= 15 is 0 Å². The third-order valence-electron chi connectivity index (χ3n) is 12.0. The summed E-state index contributed by atoms with van der Waals surface area (Å²) in [5.41, 5.74) is -2.50. The first kappa shape index (κ1) is 35.4. The quantitative estimate of drug-likeness (QED) is 0.259. The van der Waals surface area contributed by atoms with Crippen LogP contribution in [-0.4, -0.2) is 65.3 Å². The van der Waals surface area contributed by atoms with Crippen LogP contribution < -0.4 is 0 Å². The molecule has 4 aliphatic carbocycles. The van der Waals surface area contributed by atoms with Crippen LogP contribution in [0.5, 0.6) is 0 Å². The minimum atomic E-state index is -1.42. The lowest BCUT2D eigenvalue weighted by atomic mass is 9.41. The number of ether oxygens (including phenoxy) is 4. The van der Waals surface area contributed by atoms with E-state index in [2.05, 4.69) is 20.8 Å². The smallest absolute Gasteiger partial charge is 0.303 e. The van der Waals surface area contributed by atoms with Gasteiger partial charge in [0, 0.05) is 51.9 Å². The predicted octanol–water partition coefficient (Wildman–Crippen LogP) is 4.96. The molecule has 0 aromatic carbocycles. The van der Waals surface area contributed by atoms with Crippen molar-refractivity contribution < 1.29 is 48.0 Å². The van der Waals surface area contributed by atoms with Crippen molar-refractivity contribution in [2.45, 2.75) is 137 Å². The molecule has 12 atom stereocenters. The lowest BCUT2D eigenvalue weighted by Crippen LogP contribution is -2.69. The van der Waals surface area contributed by atoms with Crippen LogP contribution in [0.3, 0.4) is 0 Å². The Labute approximate surface area is 267 Å². The van der Waals surface area contributed by atoms with Crippen molar-refractivity contribution in [1.82, 2.24) is 0 Å². The van der Waals surface area contributed by atoms with Crippen LogP contribution in [0.15, 0.2) is 0 Å². The van der Waals surface area contributed by atoms with E-state index in [1.54, 1.807) is 0 Å². The van der Waals surface area contributed by atoms with Gasteiger partial charge in [-0.2, -0.15) is 0 Å². The highest BCUT2D eigenvalue weighted by atomic mass is 16.6. The molecule has 45 heavy (non-hydrogen) atoms. The molecule has 0 heterocycles. The van der Waals surface area contributed by atoms with Crippen LogP contribution in [0, 0.1) is 46.3 Å². The third kappa shape index (κ3) is 6.82. The number of esters is 4. The number of aliphatic hydroxyl groups is 1. The molecular formula is C35H54O10. The van der Waals surface area contributed by atoms with E-state index in [4.69, 9.17) is 18.9 Å². The molecule has 0 spiro atoms. The molecule has 0 saturated heterocycles. The van der Waals surface area contributed by atoms with Crippen LogP contribution in [0.25, 0.3) is 0 Å². The average molecular weight is 635 g/mol. The van der Waals surface area contributed by atoms with Gasteiger partial charge in [-0.15, -0.1) is 0 Å². The molecule has 10 nitrogen and oxygen atoms in total. The maximum absolute atomic E-state index is 14.3. The number of carbonyl (C=O) groups excluding carboxylic acids is 5. The summed E-state index contributed by atoms with van der Waals surface area (Å²) in [6.45, 7) is 14.1. The lowest BCUT2D eigenvalue weighted by Gasteiger charge is -2.66. The highest BCUT2D eigenvalue weighted by molar-refractivity contribution is 5.91. The minimum absolute atomic E-state index is 0.0259. The number of fused-ring (bicyclic) bond motifs is 5. The van der Waals surface area contributed by atoms with E-state index in [0.29, 0.717) is 38.7 Å². The van der Waals surface area contributed by atoms with E-state index in [0.717, 1.165) is 19.3 Å². The summed E-state index contributed by atoms with van der Waals surface area (Å²) in [6, 6.07) is 0. The van der Waals surface area contributed by atoms with Gasteiger partial charge in [0.25, 0.3) is 0 Å². The summed E-state index contributed by atoms with van der Waals surface area (Å²) in [4.78, 5) is 62.2. The normalized spacial score (nSPS) is 40.2. The number of hydrogen-bond acceptors (Lipinski definition) is 10. The highest BCUT2D eigenvalue weighted by Crippen LogP contribution is 2.70. The molecular weight excluding hydrogens is 580 g/mol. The van der Waals surface area contributed by atoms with E-state index in [9.17, 15) is 29.1 Å². The molecule has 254 valence electrons. The Bertz CT molecular complexity index is 1170. The van der Waals surface area contributed by atoms with Gasteiger partial charge in [-0.1, -0.05) is 34.1 Å². The van der Waals surface area contributed by atoms with Crippen molar-refractivity contribution in [3.63, 3.8) is 0 Å². The number of hydrogen-bond donors (Lipinski definition) is 1. The summed E-state index contributed by atoms with van der Waals surface area (Å²) in [5, 5.41) is 13.0. The standard InChI is InChI=1S/C35H54O10/c1-19(18-42-21(3)36)10-9-11-20(2)29-30(40)31(45-24(6)39)32-34(29,8)15-13-28-33(7)14-12-25(43-22(4)37)16-26(33)27(44-23(5)38)17-35(28,32)41/h19-20,25-29,31-32,41H,9-18H2,1-8H3/t19?,20-,25+,26-,27+,28-,29+,31+,32-,33+,34-,35+/m1/s1. The van der Waals surface area contributed by atoms with E-state index < -0.39 is 52.4 Å². The zero-order valence-corrected chi connectivity index (χ0v) is 28.4. The second-order valence-electron chi connectivity index (χ2n) is 15.3. The van der Waals surface area contributed by atoms with Crippen molar-refractivity contribution >= 4 is 29.7 Å². The first-order valence-corrected chi connectivity index (χ1v) is 16.8. The number of carbonyl (C=O) groups is 5. The number of rotatable bonds is 10. The van der Waals surface area contributed by atoms with Gasteiger partial charge >= 0.3 is 23.9 Å². The Morgan fingerprint density at radius 2 is 1.49 bits per heavy atom. The summed E-state index contributed by atoms with van der Waals surface area (Å²) >= 11 is 0. The maximum Gasteiger partial charge on any atom is 0.303 e. The second kappa shape index (κ2) is 13.3. The molecule has 4 fully saturated rings. The Kier molecular flexibility index (Phi) is 10.5. The van der Waals surface area contributed by atoms with Gasteiger partial charge in [-0.25, -0.2) is 0 Å². The zero-order valence-electron chi connectivity index (χ0n) is 28.4. The Morgan fingerprint density at radius 1 is 0.867 bits per heavy atom. The third-order valence-corrected chi connectivity index (χ3v) is 12.0. The number of ketones is 1. The molecule has 0 aromatic rings. The summed E-state index contributed by atoms with van der Waals surface area (Å²) in [7, 11) is 0. The van der Waals surface area contributed by atoms with Crippen LogP contribution in [0.1, 0.15) is 113 Å². The van der Waals surface area contributed by atoms with E-state index in [1.165, 1.54) is 27.7 Å². The average Bonchev–Trinajstić information content (AvgIpc) is 3.13. The first-order chi connectivity index (χ1) is 20.9. The number of Topliss-reactive ketones (excluding diaryl/α,β-unsaturated/α-hetero) is 1. The molecule has 0 radical (unpaired) electrons. The topological polar surface area (TPSA) is 143 Å². The van der Waals surface area contributed by atoms with Gasteiger partial charge in [0.1, 0.15) is 12.2 Å². The van der Waals surface area contributed by atoms with Gasteiger partial charge in [0.05, 0.1) is 12.2 Å². The zero-order chi connectivity index (χ0) is 33.5. The lowest BCUT2D eigenvalue weighted by molar-refractivity contribution is -0.268. The van der Waals surface area contributed by atoms with E-state index in [-0.39, 0.29) is 53.9 Å². The molecule has 0 amide bonds. The predicted molar refractivity (Wildman–Crippen MR) is 163 cm³/mol. The van der Waals surface area contributed by atoms with Crippen LogP contribution in [0.4, 0.5) is 0 Å². The monoisotopic (exact) mass is 634 g/mol. The molecule has 0 bridgehead atoms. The minimum Gasteiger partial charge on any atom is -0.466 e. The SMILES string of the molecule is CC(=O)OCC(C)CCC[C@@H](C)[C@H]1C(=O)[C@H](OC(C)=O)[C@@H]2[C@]1(C)CC[C@@H]1[C@@]3(C)CC[C@H](OC(C)=O)C[C@@H]3[C@@H](OC(C)=O)C[C@]12O. The van der Waals surface area contributed by atoms with Gasteiger partial charge in [0.15, 0.2) is 11.9 Å².